The van der Waals surface area contributed by atoms with Gasteiger partial charge in [0.1, 0.15) is 0 Å². The standard InChI is InChI=1S/C17H18O3.H4O7P2/c1-18-15-11-14(12-16(19-2)17(15)20-3)10-9-13-7-5-4-6-8-13;1-8(2,3)7-9(4,5)6/h4-12H,1-3H3;(H2,1,2,3)(H2,4,5,6)/b10-9-;. The molecular formula is C17H22O10P2. The van der Waals surface area contributed by atoms with Crippen LogP contribution in [0.5, 0.6) is 17.2 Å². The summed E-state index contributed by atoms with van der Waals surface area (Å²) >= 11 is 0. The van der Waals surface area contributed by atoms with Gasteiger partial charge in [-0.2, -0.15) is 4.31 Å². The average Bonchev–Trinajstić information content (AvgIpc) is 2.63. The van der Waals surface area contributed by atoms with Crippen molar-refractivity contribution in [3.8, 4) is 17.2 Å². The van der Waals surface area contributed by atoms with Crippen molar-refractivity contribution in [2.75, 3.05) is 21.3 Å². The normalized spacial score (nSPS) is 11.6. The van der Waals surface area contributed by atoms with Gasteiger partial charge in [-0.3, -0.25) is 0 Å². The van der Waals surface area contributed by atoms with Crippen molar-refractivity contribution in [1.29, 1.82) is 0 Å². The predicted molar refractivity (Wildman–Crippen MR) is 107 cm³/mol. The SMILES string of the molecule is COc1cc(/C=C\c2ccccc2)cc(OC)c1OC.O=P(O)(O)OP(=O)(O)O. The maximum atomic E-state index is 9.63. The van der Waals surface area contributed by atoms with Crippen LogP contribution in [0.4, 0.5) is 0 Å². The van der Waals surface area contributed by atoms with Crippen LogP contribution < -0.4 is 14.2 Å². The summed E-state index contributed by atoms with van der Waals surface area (Å²) in [6.07, 6.45) is 4.06. The Kier molecular flexibility index (Phi) is 9.55. The summed E-state index contributed by atoms with van der Waals surface area (Å²) in [7, 11) is -5.28. The second kappa shape index (κ2) is 11.1. The van der Waals surface area contributed by atoms with Gasteiger partial charge < -0.3 is 33.8 Å². The minimum Gasteiger partial charge on any atom is -0.493 e. The van der Waals surface area contributed by atoms with Gasteiger partial charge in [-0.05, 0) is 23.3 Å². The Bertz CT molecular complexity index is 857. The fourth-order valence-corrected chi connectivity index (χ4v) is 3.20. The summed E-state index contributed by atoms with van der Waals surface area (Å²) in [6.45, 7) is 0. The van der Waals surface area contributed by atoms with Crippen molar-refractivity contribution in [2.45, 2.75) is 0 Å². The lowest BCUT2D eigenvalue weighted by molar-refractivity contribution is 0.225. The van der Waals surface area contributed by atoms with Crippen molar-refractivity contribution in [2.24, 2.45) is 0 Å². The van der Waals surface area contributed by atoms with Crippen LogP contribution in [0.15, 0.2) is 42.5 Å². The molecule has 0 heterocycles. The number of methoxy groups -OCH3 is 3. The van der Waals surface area contributed by atoms with E-state index in [1.807, 2.05) is 42.5 Å². The van der Waals surface area contributed by atoms with Gasteiger partial charge in [-0.1, -0.05) is 42.5 Å². The highest BCUT2D eigenvalue weighted by molar-refractivity contribution is 7.60. The van der Waals surface area contributed by atoms with Crippen LogP contribution >= 0.6 is 15.6 Å². The van der Waals surface area contributed by atoms with Crippen molar-refractivity contribution >= 4 is 27.8 Å². The molecule has 0 unspecified atom stereocenters. The molecule has 0 aliphatic carbocycles. The Morgan fingerprint density at radius 2 is 1.17 bits per heavy atom. The van der Waals surface area contributed by atoms with Crippen LogP contribution in [0.25, 0.3) is 12.2 Å². The third kappa shape index (κ3) is 9.74. The summed E-state index contributed by atoms with van der Waals surface area (Å²) in [6, 6.07) is 13.9. The van der Waals surface area contributed by atoms with E-state index in [0.717, 1.165) is 11.1 Å². The Balaban J connectivity index is 0.000000396. The van der Waals surface area contributed by atoms with Crippen LogP contribution in [-0.4, -0.2) is 40.9 Å². The molecule has 2 aromatic carbocycles. The van der Waals surface area contributed by atoms with E-state index in [9.17, 15) is 9.13 Å². The van der Waals surface area contributed by atoms with E-state index in [-0.39, 0.29) is 0 Å². The van der Waals surface area contributed by atoms with E-state index in [1.54, 1.807) is 21.3 Å². The van der Waals surface area contributed by atoms with Crippen LogP contribution in [0.3, 0.4) is 0 Å². The van der Waals surface area contributed by atoms with E-state index in [4.69, 9.17) is 33.8 Å². The lowest BCUT2D eigenvalue weighted by Gasteiger charge is -2.12. The van der Waals surface area contributed by atoms with E-state index < -0.39 is 15.6 Å². The highest BCUT2D eigenvalue weighted by atomic mass is 31.3. The quantitative estimate of drug-likeness (QED) is 0.367. The topological polar surface area (TPSA) is 152 Å². The molecule has 0 aromatic heterocycles. The molecule has 29 heavy (non-hydrogen) atoms. The van der Waals surface area contributed by atoms with Gasteiger partial charge in [-0.25, -0.2) is 9.13 Å². The third-order valence-corrected chi connectivity index (χ3v) is 4.87. The molecule has 0 aliphatic rings. The lowest BCUT2D eigenvalue weighted by Crippen LogP contribution is -1.95. The van der Waals surface area contributed by atoms with Crippen molar-refractivity contribution < 1.29 is 47.2 Å². The number of rotatable bonds is 7. The molecule has 4 N–H and O–H groups in total. The molecule has 0 atom stereocenters. The Labute approximate surface area is 167 Å². The Hall–Kier alpha value is -2.16. The molecule has 160 valence electrons. The second-order valence-electron chi connectivity index (χ2n) is 5.27. The lowest BCUT2D eigenvalue weighted by atomic mass is 10.1. The summed E-state index contributed by atoms with van der Waals surface area (Å²) in [5.41, 5.74) is 2.13. The van der Waals surface area contributed by atoms with Crippen LogP contribution in [0.2, 0.25) is 0 Å². The maximum Gasteiger partial charge on any atom is 0.478 e. The summed E-state index contributed by atoms with van der Waals surface area (Å²) in [4.78, 5) is 31.0. The van der Waals surface area contributed by atoms with E-state index in [0.29, 0.717) is 17.2 Å². The summed E-state index contributed by atoms with van der Waals surface area (Å²) in [5, 5.41) is 0. The number of hydrogen-bond acceptors (Lipinski definition) is 6. The van der Waals surface area contributed by atoms with E-state index >= 15 is 0 Å². The summed E-state index contributed by atoms with van der Waals surface area (Å²) < 4.78 is 38.2. The van der Waals surface area contributed by atoms with Crippen LogP contribution in [0, 0.1) is 0 Å². The van der Waals surface area contributed by atoms with E-state index in [2.05, 4.69) is 16.4 Å². The monoisotopic (exact) mass is 448 g/mol. The zero-order chi connectivity index (χ0) is 22.1. The molecule has 2 rings (SSSR count). The van der Waals surface area contributed by atoms with Crippen LogP contribution in [-0.2, 0) is 13.4 Å². The first-order valence-electron chi connectivity index (χ1n) is 7.84. The number of benzene rings is 2. The zero-order valence-electron chi connectivity index (χ0n) is 15.8. The fraction of sp³-hybridized carbons (Fsp3) is 0.176. The van der Waals surface area contributed by atoms with Gasteiger partial charge in [0.05, 0.1) is 21.3 Å². The van der Waals surface area contributed by atoms with Gasteiger partial charge in [0.15, 0.2) is 11.5 Å². The number of phosphoric acid groups is 2. The van der Waals surface area contributed by atoms with Gasteiger partial charge in [0.25, 0.3) is 0 Å². The molecule has 12 heteroatoms. The van der Waals surface area contributed by atoms with E-state index in [1.165, 1.54) is 0 Å². The maximum absolute atomic E-state index is 9.63. The van der Waals surface area contributed by atoms with Crippen molar-refractivity contribution in [3.05, 3.63) is 53.6 Å². The molecule has 0 saturated heterocycles. The molecular weight excluding hydrogens is 426 g/mol. The van der Waals surface area contributed by atoms with Crippen molar-refractivity contribution in [1.82, 2.24) is 0 Å². The van der Waals surface area contributed by atoms with Crippen molar-refractivity contribution in [3.63, 3.8) is 0 Å². The number of ether oxygens (including phenoxy) is 3. The highest BCUT2D eigenvalue weighted by Crippen LogP contribution is 2.53. The minimum atomic E-state index is -5.05. The molecule has 10 nitrogen and oxygen atoms in total. The van der Waals surface area contributed by atoms with Gasteiger partial charge in [-0.15, -0.1) is 0 Å². The molecule has 0 aliphatic heterocycles. The third-order valence-electron chi connectivity index (χ3n) is 3.17. The molecule has 0 bridgehead atoms. The molecule has 0 amide bonds. The average molecular weight is 448 g/mol. The largest absolute Gasteiger partial charge is 0.493 e. The number of hydrogen-bond donors (Lipinski definition) is 4. The first-order valence-corrected chi connectivity index (χ1v) is 10.9. The minimum absolute atomic E-state index is 0.604. The molecule has 2 aromatic rings. The fourth-order valence-electron chi connectivity index (χ4n) is 2.09. The first-order chi connectivity index (χ1) is 13.5. The zero-order valence-corrected chi connectivity index (χ0v) is 17.6. The van der Waals surface area contributed by atoms with Crippen LogP contribution in [0.1, 0.15) is 11.1 Å². The van der Waals surface area contributed by atoms with Gasteiger partial charge in [0.2, 0.25) is 5.75 Å². The Morgan fingerprint density at radius 3 is 1.52 bits per heavy atom. The van der Waals surface area contributed by atoms with Gasteiger partial charge in [0, 0.05) is 0 Å². The second-order valence-corrected chi connectivity index (χ2v) is 7.88. The van der Waals surface area contributed by atoms with Gasteiger partial charge >= 0.3 is 15.6 Å². The summed E-state index contributed by atoms with van der Waals surface area (Å²) in [5.74, 6) is 1.91. The Morgan fingerprint density at radius 1 is 0.724 bits per heavy atom. The molecule has 0 saturated carbocycles. The molecule has 0 spiro atoms. The highest BCUT2D eigenvalue weighted by Gasteiger charge is 2.27. The predicted octanol–water partition coefficient (Wildman–Crippen LogP) is 3.07. The first kappa shape index (κ1) is 24.9. The smallest absolute Gasteiger partial charge is 0.478 e. The molecule has 0 radical (unpaired) electrons. The molecule has 0 fully saturated rings.